The fourth-order valence-electron chi connectivity index (χ4n) is 2.59. The van der Waals surface area contributed by atoms with E-state index in [1.165, 1.54) is 17.3 Å². The molecule has 1 aromatic carbocycles. The summed E-state index contributed by atoms with van der Waals surface area (Å²) in [5.41, 5.74) is 6.31. The summed E-state index contributed by atoms with van der Waals surface area (Å²) in [6, 6.07) is 8.37. The first-order valence-corrected chi connectivity index (χ1v) is 6.42. The van der Waals surface area contributed by atoms with Gasteiger partial charge in [-0.15, -0.1) is 0 Å². The van der Waals surface area contributed by atoms with Crippen LogP contribution >= 0.6 is 0 Å². The maximum atomic E-state index is 8.79. The average Bonchev–Trinajstić information content (AvgIpc) is 2.83. The second kappa shape index (κ2) is 4.81. The van der Waals surface area contributed by atoms with Gasteiger partial charge in [-0.1, -0.05) is 28.9 Å². The van der Waals surface area contributed by atoms with E-state index in [4.69, 9.17) is 5.21 Å². The van der Waals surface area contributed by atoms with E-state index in [1.807, 2.05) is 6.07 Å². The molecule has 0 saturated heterocycles. The Morgan fingerprint density at radius 3 is 2.80 bits per heavy atom. The van der Waals surface area contributed by atoms with E-state index < -0.39 is 0 Å². The molecule has 2 heterocycles. The van der Waals surface area contributed by atoms with Crippen LogP contribution in [0.3, 0.4) is 0 Å². The summed E-state index contributed by atoms with van der Waals surface area (Å²) in [6.45, 7) is 4.18. The van der Waals surface area contributed by atoms with Gasteiger partial charge in [0, 0.05) is 23.3 Å². The van der Waals surface area contributed by atoms with Crippen molar-refractivity contribution in [3.05, 3.63) is 53.3 Å². The van der Waals surface area contributed by atoms with E-state index >= 15 is 0 Å². The summed E-state index contributed by atoms with van der Waals surface area (Å²) in [7, 11) is 0. The van der Waals surface area contributed by atoms with Gasteiger partial charge >= 0.3 is 0 Å². The summed E-state index contributed by atoms with van der Waals surface area (Å²) in [6.07, 6.45) is 5.01. The minimum absolute atomic E-state index is 0.789. The molecule has 0 aliphatic rings. The topological polar surface area (TPSA) is 61.3 Å². The molecule has 0 amide bonds. The lowest BCUT2D eigenvalue weighted by molar-refractivity contribution is 0.322. The van der Waals surface area contributed by atoms with E-state index in [1.54, 1.807) is 12.4 Å². The highest BCUT2D eigenvalue weighted by atomic mass is 16.4. The first kappa shape index (κ1) is 12.4. The molecule has 0 bridgehead atoms. The van der Waals surface area contributed by atoms with Crippen LogP contribution in [-0.2, 0) is 0 Å². The minimum Gasteiger partial charge on any atom is -0.411 e. The van der Waals surface area contributed by atoms with Crippen LogP contribution in [0.2, 0.25) is 0 Å². The largest absolute Gasteiger partial charge is 0.411 e. The maximum Gasteiger partial charge on any atom is 0.138 e. The van der Waals surface area contributed by atoms with Crippen LogP contribution in [0, 0.1) is 13.8 Å². The number of rotatable bonds is 2. The third-order valence-electron chi connectivity index (χ3n) is 3.47. The molecule has 0 aliphatic carbocycles. The van der Waals surface area contributed by atoms with Crippen LogP contribution in [0.4, 0.5) is 0 Å². The number of fused-ring (bicyclic) bond motifs is 1. The number of nitrogens with zero attached hydrogens (tertiary/aromatic N) is 2. The van der Waals surface area contributed by atoms with Gasteiger partial charge in [-0.3, -0.25) is 0 Å². The Balaban J connectivity index is 2.32. The molecular weight excluding hydrogens is 250 g/mol. The Morgan fingerprint density at radius 2 is 2.05 bits per heavy atom. The number of H-pyrrole nitrogens is 1. The van der Waals surface area contributed by atoms with E-state index in [0.29, 0.717) is 0 Å². The normalized spacial score (nSPS) is 11.5. The zero-order valence-corrected chi connectivity index (χ0v) is 11.4. The number of pyridine rings is 1. The van der Waals surface area contributed by atoms with Gasteiger partial charge in [-0.05, 0) is 36.6 Å². The number of aromatic nitrogens is 2. The quantitative estimate of drug-likeness (QED) is 0.422. The molecule has 0 spiro atoms. The van der Waals surface area contributed by atoms with Gasteiger partial charge in [0.2, 0.25) is 0 Å². The molecule has 0 saturated carbocycles. The Hall–Kier alpha value is -2.62. The van der Waals surface area contributed by atoms with Crippen molar-refractivity contribution >= 4 is 17.2 Å². The SMILES string of the molecule is Cc1ccc(-c2ccnc3[nH]cc(/C=N/O)c23)c(C)c1. The smallest absolute Gasteiger partial charge is 0.138 e. The fourth-order valence-corrected chi connectivity index (χ4v) is 2.59. The van der Waals surface area contributed by atoms with Crippen molar-refractivity contribution in [2.45, 2.75) is 13.8 Å². The molecule has 0 aliphatic heterocycles. The van der Waals surface area contributed by atoms with Gasteiger partial charge in [-0.2, -0.15) is 0 Å². The third kappa shape index (κ3) is 1.95. The van der Waals surface area contributed by atoms with Gasteiger partial charge in [0.15, 0.2) is 0 Å². The standard InChI is InChI=1S/C16H15N3O/c1-10-3-4-13(11(2)7-10)14-5-6-17-16-15(14)12(8-18-16)9-19-20/h3-9,20H,1-2H3,(H,17,18)/b19-9+. The third-order valence-corrected chi connectivity index (χ3v) is 3.47. The van der Waals surface area contributed by atoms with Crippen LogP contribution in [0.25, 0.3) is 22.2 Å². The monoisotopic (exact) mass is 265 g/mol. The summed E-state index contributed by atoms with van der Waals surface area (Å²) < 4.78 is 0. The highest BCUT2D eigenvalue weighted by Crippen LogP contribution is 2.31. The molecule has 2 aromatic heterocycles. The van der Waals surface area contributed by atoms with Crippen LogP contribution < -0.4 is 0 Å². The molecule has 0 radical (unpaired) electrons. The maximum absolute atomic E-state index is 8.79. The lowest BCUT2D eigenvalue weighted by Gasteiger charge is -2.09. The van der Waals surface area contributed by atoms with Crippen molar-refractivity contribution in [3.63, 3.8) is 0 Å². The predicted octanol–water partition coefficient (Wildman–Crippen LogP) is 3.65. The molecule has 0 fully saturated rings. The van der Waals surface area contributed by atoms with Crippen molar-refractivity contribution in [1.29, 1.82) is 0 Å². The summed E-state index contributed by atoms with van der Waals surface area (Å²) in [5.74, 6) is 0. The van der Waals surface area contributed by atoms with Gasteiger partial charge in [0.25, 0.3) is 0 Å². The van der Waals surface area contributed by atoms with Crippen LogP contribution in [0.1, 0.15) is 16.7 Å². The summed E-state index contributed by atoms with van der Waals surface area (Å²) in [5, 5.41) is 12.9. The van der Waals surface area contributed by atoms with Crippen molar-refractivity contribution in [3.8, 4) is 11.1 Å². The number of hydrogen-bond donors (Lipinski definition) is 2. The van der Waals surface area contributed by atoms with Gasteiger partial charge in [-0.25, -0.2) is 4.98 Å². The zero-order valence-electron chi connectivity index (χ0n) is 11.4. The molecule has 20 heavy (non-hydrogen) atoms. The van der Waals surface area contributed by atoms with Crippen molar-refractivity contribution < 1.29 is 5.21 Å². The Bertz CT molecular complexity index is 803. The molecule has 2 N–H and O–H groups in total. The van der Waals surface area contributed by atoms with E-state index in [-0.39, 0.29) is 0 Å². The van der Waals surface area contributed by atoms with Crippen LogP contribution in [-0.4, -0.2) is 21.4 Å². The summed E-state index contributed by atoms with van der Waals surface area (Å²) >= 11 is 0. The fraction of sp³-hybridized carbons (Fsp3) is 0.125. The first-order chi connectivity index (χ1) is 9.70. The second-order valence-corrected chi connectivity index (χ2v) is 4.89. The highest BCUT2D eigenvalue weighted by Gasteiger charge is 2.11. The lowest BCUT2D eigenvalue weighted by atomic mass is 9.96. The molecule has 0 unspecified atom stereocenters. The number of hydrogen-bond acceptors (Lipinski definition) is 3. The molecule has 4 nitrogen and oxygen atoms in total. The van der Waals surface area contributed by atoms with Gasteiger partial charge in [0.1, 0.15) is 5.65 Å². The second-order valence-electron chi connectivity index (χ2n) is 4.89. The predicted molar refractivity (Wildman–Crippen MR) is 80.4 cm³/mol. The highest BCUT2D eigenvalue weighted by molar-refractivity contribution is 6.05. The van der Waals surface area contributed by atoms with Crippen LogP contribution in [0.5, 0.6) is 0 Å². The summed E-state index contributed by atoms with van der Waals surface area (Å²) in [4.78, 5) is 7.42. The number of benzene rings is 1. The van der Waals surface area contributed by atoms with Gasteiger partial charge < -0.3 is 10.2 Å². The molecule has 100 valence electrons. The van der Waals surface area contributed by atoms with Crippen molar-refractivity contribution in [2.24, 2.45) is 5.16 Å². The average molecular weight is 265 g/mol. The molecule has 4 heteroatoms. The van der Waals surface area contributed by atoms with Crippen LogP contribution in [0.15, 0.2) is 41.8 Å². The number of aryl methyl sites for hydroxylation is 2. The number of aromatic amines is 1. The lowest BCUT2D eigenvalue weighted by Crippen LogP contribution is -1.89. The van der Waals surface area contributed by atoms with Crippen molar-refractivity contribution in [2.75, 3.05) is 0 Å². The van der Waals surface area contributed by atoms with Gasteiger partial charge in [0.05, 0.1) is 6.21 Å². The Morgan fingerprint density at radius 1 is 1.20 bits per heavy atom. The molecule has 3 rings (SSSR count). The van der Waals surface area contributed by atoms with Crippen molar-refractivity contribution in [1.82, 2.24) is 9.97 Å². The first-order valence-electron chi connectivity index (χ1n) is 6.42. The Kier molecular flexibility index (Phi) is 2.99. The Labute approximate surface area is 116 Å². The van der Waals surface area contributed by atoms with E-state index in [9.17, 15) is 0 Å². The minimum atomic E-state index is 0.789. The molecule has 3 aromatic rings. The number of oxime groups is 1. The number of nitrogens with one attached hydrogen (secondary N) is 1. The molecular formula is C16H15N3O. The zero-order chi connectivity index (χ0) is 14.1. The molecule has 0 atom stereocenters. The van der Waals surface area contributed by atoms with E-state index in [2.05, 4.69) is 47.2 Å². The van der Waals surface area contributed by atoms with E-state index in [0.717, 1.165) is 27.7 Å².